The Hall–Kier alpha value is -3.20. The number of imidazole rings is 1. The molecule has 2 aliphatic rings. The molecule has 0 radical (unpaired) electrons. The van der Waals surface area contributed by atoms with E-state index in [2.05, 4.69) is 15.6 Å². The summed E-state index contributed by atoms with van der Waals surface area (Å²) >= 11 is 0. The van der Waals surface area contributed by atoms with Crippen LogP contribution in [0.3, 0.4) is 0 Å². The molecule has 2 aromatic rings. The second kappa shape index (κ2) is 8.04. The van der Waals surface area contributed by atoms with Crippen molar-refractivity contribution in [1.82, 2.24) is 19.8 Å². The third-order valence-corrected chi connectivity index (χ3v) is 5.34. The molecule has 29 heavy (non-hydrogen) atoms. The van der Waals surface area contributed by atoms with Gasteiger partial charge < -0.3 is 25.0 Å². The predicted octanol–water partition coefficient (Wildman–Crippen LogP) is 0.659. The number of hydrogen-bond donors (Lipinski definition) is 2. The summed E-state index contributed by atoms with van der Waals surface area (Å²) in [4.78, 5) is 45.3. The van der Waals surface area contributed by atoms with E-state index in [1.54, 1.807) is 29.3 Å². The van der Waals surface area contributed by atoms with Gasteiger partial charge in [0.2, 0.25) is 17.7 Å². The summed E-state index contributed by atoms with van der Waals surface area (Å²) < 4.78 is 1.91. The predicted molar refractivity (Wildman–Crippen MR) is 107 cm³/mol. The molecule has 0 aliphatic carbocycles. The van der Waals surface area contributed by atoms with Crippen LogP contribution in [0.15, 0.2) is 36.7 Å². The van der Waals surface area contributed by atoms with E-state index in [0.29, 0.717) is 31.0 Å². The van der Waals surface area contributed by atoms with Gasteiger partial charge in [-0.15, -0.1) is 0 Å². The van der Waals surface area contributed by atoms with E-state index in [1.807, 2.05) is 23.9 Å². The molecule has 1 unspecified atom stereocenters. The molecule has 1 aromatic carbocycles. The first-order valence-electron chi connectivity index (χ1n) is 9.71. The Morgan fingerprint density at radius 1 is 1.21 bits per heavy atom. The second-order valence-corrected chi connectivity index (χ2v) is 7.25. The van der Waals surface area contributed by atoms with Crippen LogP contribution < -0.4 is 15.5 Å². The van der Waals surface area contributed by atoms with Gasteiger partial charge in [-0.3, -0.25) is 14.4 Å². The minimum atomic E-state index is -0.236. The Balaban J connectivity index is 1.43. The van der Waals surface area contributed by atoms with Crippen molar-refractivity contribution in [2.24, 2.45) is 7.05 Å². The van der Waals surface area contributed by atoms with E-state index in [0.717, 1.165) is 5.82 Å². The van der Waals surface area contributed by atoms with E-state index in [4.69, 9.17) is 0 Å². The molecule has 2 aliphatic heterocycles. The highest BCUT2D eigenvalue weighted by Gasteiger charge is 2.32. The zero-order valence-electron chi connectivity index (χ0n) is 16.3. The highest BCUT2D eigenvalue weighted by Crippen LogP contribution is 2.29. The summed E-state index contributed by atoms with van der Waals surface area (Å²) in [5.74, 6) is 0.269. The smallest absolute Gasteiger partial charge is 0.244 e. The van der Waals surface area contributed by atoms with Crippen molar-refractivity contribution in [1.29, 1.82) is 0 Å². The summed E-state index contributed by atoms with van der Waals surface area (Å²) in [6.45, 7) is 1.87. The molecule has 9 nitrogen and oxygen atoms in total. The Morgan fingerprint density at radius 2 is 2.00 bits per heavy atom. The topological polar surface area (TPSA) is 99.6 Å². The summed E-state index contributed by atoms with van der Waals surface area (Å²) in [6, 6.07) is 7.02. The number of piperazine rings is 1. The standard InChI is InChI=1S/C20H24N6O3/c1-24-10-9-22-20(24)16-12-21-8-11-25(16)18(28)6-7-19(29)26-13-17(27)23-14-4-2-3-5-15(14)26/h2-5,9-10,16,21H,6-8,11-13H2,1H3,(H,23,27). The molecule has 1 saturated heterocycles. The maximum atomic E-state index is 12.9. The molecule has 9 heteroatoms. The number of rotatable bonds is 4. The number of aryl methyl sites for hydroxylation is 1. The lowest BCUT2D eigenvalue weighted by atomic mass is 10.1. The van der Waals surface area contributed by atoms with Crippen molar-refractivity contribution in [2.75, 3.05) is 36.4 Å². The lowest BCUT2D eigenvalue weighted by Crippen LogP contribution is -2.49. The van der Waals surface area contributed by atoms with Crippen LogP contribution in [0.5, 0.6) is 0 Å². The molecular weight excluding hydrogens is 372 g/mol. The van der Waals surface area contributed by atoms with Gasteiger partial charge in [-0.2, -0.15) is 0 Å². The molecular formula is C20H24N6O3. The number of anilines is 2. The third kappa shape index (κ3) is 3.86. The number of aromatic nitrogens is 2. The molecule has 3 amide bonds. The van der Waals surface area contributed by atoms with Crippen molar-refractivity contribution < 1.29 is 14.4 Å². The lowest BCUT2D eigenvalue weighted by Gasteiger charge is -2.36. The normalized spacial score (nSPS) is 18.9. The van der Waals surface area contributed by atoms with Crippen molar-refractivity contribution in [2.45, 2.75) is 18.9 Å². The molecule has 3 heterocycles. The quantitative estimate of drug-likeness (QED) is 0.791. The van der Waals surface area contributed by atoms with E-state index in [1.165, 1.54) is 4.90 Å². The summed E-state index contributed by atoms with van der Waals surface area (Å²) in [6.07, 6.45) is 3.72. The lowest BCUT2D eigenvalue weighted by molar-refractivity contribution is -0.136. The number of carbonyl (C=O) groups excluding carboxylic acids is 3. The minimum absolute atomic E-state index is 0.0342. The third-order valence-electron chi connectivity index (χ3n) is 5.34. The van der Waals surface area contributed by atoms with Crippen LogP contribution >= 0.6 is 0 Å². The molecule has 1 atom stereocenters. The molecule has 152 valence electrons. The molecule has 0 bridgehead atoms. The first-order valence-corrected chi connectivity index (χ1v) is 9.71. The summed E-state index contributed by atoms with van der Waals surface area (Å²) in [5.41, 5.74) is 1.28. The number of fused-ring (bicyclic) bond motifs is 1. The van der Waals surface area contributed by atoms with Crippen molar-refractivity contribution in [3.63, 3.8) is 0 Å². The van der Waals surface area contributed by atoms with Gasteiger partial charge in [0.05, 0.1) is 11.4 Å². The van der Waals surface area contributed by atoms with Crippen molar-refractivity contribution >= 4 is 29.1 Å². The van der Waals surface area contributed by atoms with E-state index in [9.17, 15) is 14.4 Å². The van der Waals surface area contributed by atoms with Gasteiger partial charge in [0.15, 0.2) is 0 Å². The number of amides is 3. The molecule has 0 saturated carbocycles. The maximum absolute atomic E-state index is 12.9. The van der Waals surface area contributed by atoms with Crippen LogP contribution in [0.1, 0.15) is 24.7 Å². The Morgan fingerprint density at radius 3 is 2.79 bits per heavy atom. The minimum Gasteiger partial charge on any atom is -0.336 e. The highest BCUT2D eigenvalue weighted by molar-refractivity contribution is 6.10. The highest BCUT2D eigenvalue weighted by atomic mass is 16.2. The maximum Gasteiger partial charge on any atom is 0.244 e. The van der Waals surface area contributed by atoms with Crippen molar-refractivity contribution in [3.05, 3.63) is 42.5 Å². The van der Waals surface area contributed by atoms with Gasteiger partial charge in [-0.25, -0.2) is 4.98 Å². The number of hydrogen-bond acceptors (Lipinski definition) is 5. The van der Waals surface area contributed by atoms with Crippen LogP contribution in [0, 0.1) is 0 Å². The van der Waals surface area contributed by atoms with E-state index < -0.39 is 0 Å². The summed E-state index contributed by atoms with van der Waals surface area (Å²) in [7, 11) is 1.90. The largest absolute Gasteiger partial charge is 0.336 e. The fourth-order valence-corrected chi connectivity index (χ4v) is 3.88. The number of nitrogens with one attached hydrogen (secondary N) is 2. The fourth-order valence-electron chi connectivity index (χ4n) is 3.88. The van der Waals surface area contributed by atoms with Crippen LogP contribution in [-0.4, -0.2) is 58.4 Å². The zero-order valence-corrected chi connectivity index (χ0v) is 16.3. The average molecular weight is 396 g/mol. The van der Waals surface area contributed by atoms with Gasteiger partial charge in [0.25, 0.3) is 0 Å². The zero-order chi connectivity index (χ0) is 20.4. The second-order valence-electron chi connectivity index (χ2n) is 7.25. The molecule has 1 fully saturated rings. The fraction of sp³-hybridized carbons (Fsp3) is 0.400. The number of benzene rings is 1. The van der Waals surface area contributed by atoms with Gasteiger partial charge in [0, 0.05) is 51.9 Å². The van der Waals surface area contributed by atoms with Gasteiger partial charge >= 0.3 is 0 Å². The van der Waals surface area contributed by atoms with Gasteiger partial charge in [0.1, 0.15) is 18.4 Å². The van der Waals surface area contributed by atoms with Crippen LogP contribution in [-0.2, 0) is 21.4 Å². The Labute approximate surface area is 168 Å². The first kappa shape index (κ1) is 19.1. The Kier molecular flexibility index (Phi) is 5.30. The number of nitrogens with zero attached hydrogens (tertiary/aromatic N) is 4. The van der Waals surface area contributed by atoms with E-state index >= 15 is 0 Å². The van der Waals surface area contributed by atoms with Crippen LogP contribution in [0.25, 0.3) is 0 Å². The molecule has 4 rings (SSSR count). The number of carbonyl (C=O) groups is 3. The van der Waals surface area contributed by atoms with Gasteiger partial charge in [-0.1, -0.05) is 12.1 Å². The Bertz CT molecular complexity index is 940. The first-order chi connectivity index (χ1) is 14.0. The molecule has 0 spiro atoms. The molecule has 2 N–H and O–H groups in total. The van der Waals surface area contributed by atoms with Crippen molar-refractivity contribution in [3.8, 4) is 0 Å². The van der Waals surface area contributed by atoms with Crippen LogP contribution in [0.4, 0.5) is 11.4 Å². The number of para-hydroxylation sites is 2. The SMILES string of the molecule is Cn1ccnc1C1CNCCN1C(=O)CCC(=O)N1CC(=O)Nc2ccccc21. The van der Waals surface area contributed by atoms with E-state index in [-0.39, 0.29) is 43.1 Å². The average Bonchev–Trinajstić information content (AvgIpc) is 3.16. The van der Waals surface area contributed by atoms with Crippen LogP contribution in [0.2, 0.25) is 0 Å². The summed E-state index contributed by atoms with van der Waals surface area (Å²) in [5, 5.41) is 6.06. The molecule has 1 aromatic heterocycles. The monoisotopic (exact) mass is 396 g/mol. The van der Waals surface area contributed by atoms with Gasteiger partial charge in [-0.05, 0) is 12.1 Å².